The fourth-order valence-electron chi connectivity index (χ4n) is 2.72. The average Bonchev–Trinajstić information content (AvgIpc) is 3.18. The summed E-state index contributed by atoms with van der Waals surface area (Å²) >= 11 is 17.9. The van der Waals surface area contributed by atoms with E-state index < -0.39 is 0 Å². The number of hydrogen-bond acceptors (Lipinski definition) is 4. The summed E-state index contributed by atoms with van der Waals surface area (Å²) in [5.41, 5.74) is 2.96. The smallest absolute Gasteiger partial charge is 0.239 e. The minimum atomic E-state index is -0.0589. The molecule has 0 N–H and O–H groups in total. The third-order valence-electron chi connectivity index (χ3n) is 4.10. The number of ether oxygens (including phenoxy) is 1. The Balaban J connectivity index is 1.46. The molecule has 0 radical (unpaired) electrons. The quantitative estimate of drug-likeness (QED) is 0.442. The fourth-order valence-corrected chi connectivity index (χ4v) is 3.25. The van der Waals surface area contributed by atoms with Crippen LogP contribution in [0.4, 0.5) is 0 Å². The van der Waals surface area contributed by atoms with Crippen molar-refractivity contribution in [2.75, 3.05) is 0 Å². The molecule has 0 amide bonds. The number of hydrogen-bond donors (Lipinski definition) is 0. The third-order valence-corrected chi connectivity index (χ3v) is 5.04. The van der Waals surface area contributed by atoms with E-state index in [1.807, 2.05) is 54.6 Å². The van der Waals surface area contributed by atoms with Gasteiger partial charge < -0.3 is 9.57 Å². The predicted octanol–water partition coefficient (Wildman–Crippen LogP) is 6.70. The molecule has 4 rings (SSSR count). The number of rotatable bonds is 4. The molecule has 1 aromatic heterocycles. The van der Waals surface area contributed by atoms with E-state index in [1.165, 1.54) is 6.07 Å². The fraction of sp³-hybridized carbons (Fsp3) is 0.100. The summed E-state index contributed by atoms with van der Waals surface area (Å²) in [5.74, 6) is 0.773. The molecule has 0 spiro atoms. The molecule has 0 fully saturated rings. The zero-order chi connectivity index (χ0) is 18.8. The first-order valence-corrected chi connectivity index (χ1v) is 9.31. The molecule has 2 heterocycles. The van der Waals surface area contributed by atoms with E-state index in [0.29, 0.717) is 12.2 Å². The maximum absolute atomic E-state index is 6.09. The zero-order valence-corrected chi connectivity index (χ0v) is 16.2. The van der Waals surface area contributed by atoms with Crippen LogP contribution in [0.25, 0.3) is 0 Å². The van der Waals surface area contributed by atoms with Gasteiger partial charge in [-0.15, -0.1) is 0 Å². The van der Waals surface area contributed by atoms with E-state index in [2.05, 4.69) is 10.1 Å². The number of halogens is 3. The van der Waals surface area contributed by atoms with Crippen molar-refractivity contribution in [3.63, 3.8) is 0 Å². The lowest BCUT2D eigenvalue weighted by Crippen LogP contribution is -2.01. The number of nitrogens with zero attached hydrogens (tertiary/aromatic N) is 2. The first kappa shape index (κ1) is 18.1. The Kier molecular flexibility index (Phi) is 5.21. The SMILES string of the molecule is Clc1cc(Cl)c(Oc2ccc(C3=NOC(c4ccccc4)C3)cc2)nc1Cl. The van der Waals surface area contributed by atoms with Crippen LogP contribution in [0.2, 0.25) is 15.2 Å². The van der Waals surface area contributed by atoms with Crippen LogP contribution in [0, 0.1) is 0 Å². The lowest BCUT2D eigenvalue weighted by molar-refractivity contribution is 0.0857. The van der Waals surface area contributed by atoms with E-state index in [1.54, 1.807) is 0 Å². The van der Waals surface area contributed by atoms with Crippen molar-refractivity contribution in [2.45, 2.75) is 12.5 Å². The van der Waals surface area contributed by atoms with Gasteiger partial charge in [0.2, 0.25) is 5.88 Å². The third kappa shape index (κ3) is 4.03. The molecule has 27 heavy (non-hydrogen) atoms. The van der Waals surface area contributed by atoms with Gasteiger partial charge in [0.1, 0.15) is 10.8 Å². The summed E-state index contributed by atoms with van der Waals surface area (Å²) in [7, 11) is 0. The highest BCUT2D eigenvalue weighted by Gasteiger charge is 2.23. The van der Waals surface area contributed by atoms with E-state index in [4.69, 9.17) is 44.4 Å². The van der Waals surface area contributed by atoms with Crippen molar-refractivity contribution >= 4 is 40.5 Å². The molecule has 3 aromatic rings. The Morgan fingerprint density at radius 3 is 2.41 bits per heavy atom. The summed E-state index contributed by atoms with van der Waals surface area (Å²) in [5, 5.41) is 4.92. The van der Waals surface area contributed by atoms with Gasteiger partial charge in [-0.05, 0) is 41.5 Å². The number of pyridine rings is 1. The second-order valence-electron chi connectivity index (χ2n) is 5.92. The molecule has 2 aromatic carbocycles. The molecule has 7 heteroatoms. The first-order chi connectivity index (χ1) is 13.1. The van der Waals surface area contributed by atoms with Crippen LogP contribution in [0.15, 0.2) is 65.8 Å². The van der Waals surface area contributed by atoms with E-state index in [-0.39, 0.29) is 27.2 Å². The lowest BCUT2D eigenvalue weighted by Gasteiger charge is -2.09. The summed E-state index contributed by atoms with van der Waals surface area (Å²) < 4.78 is 5.70. The Labute approximate surface area is 171 Å². The van der Waals surface area contributed by atoms with Gasteiger partial charge in [-0.1, -0.05) is 70.3 Å². The van der Waals surface area contributed by atoms with Crippen LogP contribution >= 0.6 is 34.8 Å². The minimum Gasteiger partial charge on any atom is -0.437 e. The van der Waals surface area contributed by atoms with Gasteiger partial charge in [-0.3, -0.25) is 0 Å². The van der Waals surface area contributed by atoms with Crippen molar-refractivity contribution in [3.8, 4) is 11.6 Å². The van der Waals surface area contributed by atoms with Gasteiger partial charge >= 0.3 is 0 Å². The zero-order valence-electron chi connectivity index (χ0n) is 13.9. The lowest BCUT2D eigenvalue weighted by atomic mass is 10.0. The van der Waals surface area contributed by atoms with Crippen molar-refractivity contribution in [1.29, 1.82) is 0 Å². The van der Waals surface area contributed by atoms with Crippen LogP contribution in [0.5, 0.6) is 11.6 Å². The molecule has 0 bridgehead atoms. The Morgan fingerprint density at radius 1 is 0.926 bits per heavy atom. The molecule has 0 saturated heterocycles. The number of aromatic nitrogens is 1. The molecule has 1 atom stereocenters. The van der Waals surface area contributed by atoms with Gasteiger partial charge in [-0.2, -0.15) is 4.98 Å². The van der Waals surface area contributed by atoms with Gasteiger partial charge in [0.05, 0.1) is 10.7 Å². The summed E-state index contributed by atoms with van der Waals surface area (Å²) in [6.45, 7) is 0. The van der Waals surface area contributed by atoms with Gasteiger partial charge in [0.15, 0.2) is 11.3 Å². The molecule has 136 valence electrons. The highest BCUT2D eigenvalue weighted by Crippen LogP contribution is 2.34. The van der Waals surface area contributed by atoms with E-state index in [0.717, 1.165) is 16.8 Å². The highest BCUT2D eigenvalue weighted by atomic mass is 35.5. The molecule has 1 aliphatic rings. The van der Waals surface area contributed by atoms with E-state index >= 15 is 0 Å². The van der Waals surface area contributed by atoms with Crippen molar-refractivity contribution < 1.29 is 9.57 Å². The second-order valence-corrected chi connectivity index (χ2v) is 7.09. The van der Waals surface area contributed by atoms with Crippen LogP contribution < -0.4 is 4.74 Å². The normalized spacial score (nSPS) is 16.0. The molecule has 1 unspecified atom stereocenters. The Morgan fingerprint density at radius 2 is 1.67 bits per heavy atom. The monoisotopic (exact) mass is 418 g/mol. The Hall–Kier alpha value is -2.27. The van der Waals surface area contributed by atoms with Gasteiger partial charge in [0.25, 0.3) is 0 Å². The first-order valence-electron chi connectivity index (χ1n) is 8.17. The highest BCUT2D eigenvalue weighted by molar-refractivity contribution is 6.42. The largest absolute Gasteiger partial charge is 0.437 e. The summed E-state index contributed by atoms with van der Waals surface area (Å²) in [6.07, 6.45) is 0.654. The van der Waals surface area contributed by atoms with Crippen molar-refractivity contribution in [3.05, 3.63) is 87.0 Å². The van der Waals surface area contributed by atoms with Crippen molar-refractivity contribution in [2.24, 2.45) is 5.16 Å². The molecule has 4 nitrogen and oxygen atoms in total. The predicted molar refractivity (Wildman–Crippen MR) is 107 cm³/mol. The maximum atomic E-state index is 6.09. The molecule has 0 aliphatic carbocycles. The second kappa shape index (κ2) is 7.77. The van der Waals surface area contributed by atoms with Crippen LogP contribution in [-0.2, 0) is 4.84 Å². The number of benzene rings is 2. The Bertz CT molecular complexity index is 992. The van der Waals surface area contributed by atoms with Crippen LogP contribution in [0.3, 0.4) is 0 Å². The van der Waals surface area contributed by atoms with E-state index in [9.17, 15) is 0 Å². The number of oxime groups is 1. The minimum absolute atomic E-state index is 0.0589. The topological polar surface area (TPSA) is 43.7 Å². The molecular formula is C20H13Cl3N2O2. The average molecular weight is 420 g/mol. The molecule has 0 saturated carbocycles. The van der Waals surface area contributed by atoms with Crippen LogP contribution in [-0.4, -0.2) is 10.7 Å². The van der Waals surface area contributed by atoms with Crippen LogP contribution in [0.1, 0.15) is 23.7 Å². The van der Waals surface area contributed by atoms with Gasteiger partial charge in [-0.25, -0.2) is 0 Å². The molecular weight excluding hydrogens is 407 g/mol. The standard InChI is InChI=1S/C20H13Cl3N2O2/c21-15-10-16(22)20(24-19(15)23)26-14-8-6-12(7-9-14)17-11-18(27-25-17)13-4-2-1-3-5-13/h1-10,18H,11H2. The molecule has 1 aliphatic heterocycles. The summed E-state index contributed by atoms with van der Waals surface area (Å²) in [6, 6.07) is 19.0. The maximum Gasteiger partial charge on any atom is 0.239 e. The van der Waals surface area contributed by atoms with Gasteiger partial charge in [0, 0.05) is 6.42 Å². The van der Waals surface area contributed by atoms with Crippen molar-refractivity contribution in [1.82, 2.24) is 4.98 Å². The summed E-state index contributed by atoms with van der Waals surface area (Å²) in [4.78, 5) is 9.62.